The van der Waals surface area contributed by atoms with Gasteiger partial charge < -0.3 is 10.3 Å². The molecule has 84 valence electrons. The van der Waals surface area contributed by atoms with Crippen LogP contribution in [0.2, 0.25) is 0 Å². The Labute approximate surface area is 96.4 Å². The molecule has 1 aromatic heterocycles. The molecule has 0 saturated carbocycles. The first-order valence-electron chi connectivity index (χ1n) is 5.64. The van der Waals surface area contributed by atoms with Crippen molar-refractivity contribution in [3.63, 3.8) is 0 Å². The molecule has 1 unspecified atom stereocenters. The van der Waals surface area contributed by atoms with E-state index in [1.54, 1.807) is 0 Å². The monoisotopic (exact) mass is 214 g/mol. The molecule has 2 nitrogen and oxygen atoms in total. The highest BCUT2D eigenvalue weighted by atomic mass is 14.9. The molecular weight excluding hydrogens is 196 g/mol. The molecule has 0 spiro atoms. The second kappa shape index (κ2) is 4.54. The van der Waals surface area contributed by atoms with Gasteiger partial charge in [-0.05, 0) is 32.5 Å². The summed E-state index contributed by atoms with van der Waals surface area (Å²) >= 11 is 0. The molecule has 0 amide bonds. The molecule has 1 aromatic carbocycles. The lowest BCUT2D eigenvalue weighted by Gasteiger charge is -2.10. The molecular formula is C14H18N2. The number of benzene rings is 1. The van der Waals surface area contributed by atoms with Crippen molar-refractivity contribution in [1.82, 2.24) is 10.3 Å². The number of para-hydroxylation sites is 1. The summed E-state index contributed by atoms with van der Waals surface area (Å²) in [5.41, 5.74) is 3.79. The lowest BCUT2D eigenvalue weighted by Crippen LogP contribution is -2.21. The zero-order chi connectivity index (χ0) is 11.5. The zero-order valence-electron chi connectivity index (χ0n) is 10.0. The lowest BCUT2D eigenvalue weighted by molar-refractivity contribution is 0.696. The second-order valence-electron chi connectivity index (χ2n) is 4.19. The topological polar surface area (TPSA) is 27.8 Å². The summed E-state index contributed by atoms with van der Waals surface area (Å²) in [6.45, 7) is 4.32. The predicted octanol–water partition coefficient (Wildman–Crippen LogP) is 3.18. The predicted molar refractivity (Wildman–Crippen MR) is 70.5 cm³/mol. The molecule has 2 aromatic rings. The van der Waals surface area contributed by atoms with Crippen LogP contribution in [0.5, 0.6) is 0 Å². The van der Waals surface area contributed by atoms with Crippen molar-refractivity contribution in [2.45, 2.75) is 19.9 Å². The van der Waals surface area contributed by atoms with Gasteiger partial charge in [-0.3, -0.25) is 0 Å². The fourth-order valence-corrected chi connectivity index (χ4v) is 1.81. The van der Waals surface area contributed by atoms with E-state index in [-0.39, 0.29) is 0 Å². The Morgan fingerprint density at radius 3 is 2.88 bits per heavy atom. The number of rotatable bonds is 3. The summed E-state index contributed by atoms with van der Waals surface area (Å²) < 4.78 is 0. The molecule has 0 aliphatic rings. The van der Waals surface area contributed by atoms with Gasteiger partial charge in [0.15, 0.2) is 0 Å². The summed E-state index contributed by atoms with van der Waals surface area (Å²) in [5.74, 6) is 0. The first-order valence-corrected chi connectivity index (χ1v) is 5.64. The van der Waals surface area contributed by atoms with E-state index in [4.69, 9.17) is 0 Å². The van der Waals surface area contributed by atoms with Crippen LogP contribution in [-0.4, -0.2) is 18.1 Å². The highest BCUT2D eigenvalue weighted by Crippen LogP contribution is 2.20. The van der Waals surface area contributed by atoms with Gasteiger partial charge in [-0.25, -0.2) is 0 Å². The summed E-state index contributed by atoms with van der Waals surface area (Å²) in [7, 11) is 1.98. The smallest absolute Gasteiger partial charge is 0.0460 e. The van der Waals surface area contributed by atoms with Crippen LogP contribution in [0.4, 0.5) is 0 Å². The normalized spacial score (nSPS) is 14.3. The summed E-state index contributed by atoms with van der Waals surface area (Å²) in [4.78, 5) is 3.29. The number of hydrogen-bond donors (Lipinski definition) is 2. The van der Waals surface area contributed by atoms with Crippen LogP contribution in [0.15, 0.2) is 36.0 Å². The van der Waals surface area contributed by atoms with Crippen LogP contribution in [0.1, 0.15) is 19.4 Å². The maximum Gasteiger partial charge on any atom is 0.0460 e. The molecule has 0 aliphatic carbocycles. The molecule has 1 heterocycles. The Kier molecular flexibility index (Phi) is 3.11. The summed E-state index contributed by atoms with van der Waals surface area (Å²) in [5, 5.41) is 4.53. The average molecular weight is 214 g/mol. The maximum atomic E-state index is 3.29. The average Bonchev–Trinajstić information content (AvgIpc) is 2.72. The third kappa shape index (κ3) is 2.02. The first kappa shape index (κ1) is 11.0. The Morgan fingerprint density at radius 1 is 1.38 bits per heavy atom. The van der Waals surface area contributed by atoms with Gasteiger partial charge in [0, 0.05) is 23.1 Å². The molecule has 2 heteroatoms. The van der Waals surface area contributed by atoms with E-state index in [1.807, 2.05) is 7.05 Å². The van der Waals surface area contributed by atoms with Crippen molar-refractivity contribution in [3.8, 4) is 0 Å². The third-order valence-corrected chi connectivity index (χ3v) is 3.12. The highest BCUT2D eigenvalue weighted by Gasteiger charge is 2.03. The van der Waals surface area contributed by atoms with E-state index in [1.165, 1.54) is 22.0 Å². The number of fused-ring (bicyclic) bond motifs is 1. The fraction of sp³-hybridized carbons (Fsp3) is 0.286. The van der Waals surface area contributed by atoms with Gasteiger partial charge in [0.1, 0.15) is 0 Å². The SMILES string of the molecule is CNC(C)/C(C)=C/c1c[nH]c2ccccc12. The molecule has 2 rings (SSSR count). The number of nitrogens with one attached hydrogen (secondary N) is 2. The minimum absolute atomic E-state index is 0.411. The van der Waals surface area contributed by atoms with Crippen LogP contribution in [0.3, 0.4) is 0 Å². The summed E-state index contributed by atoms with van der Waals surface area (Å²) in [6, 6.07) is 8.78. The van der Waals surface area contributed by atoms with Gasteiger partial charge in [0.05, 0.1) is 0 Å². The van der Waals surface area contributed by atoms with E-state index < -0.39 is 0 Å². The number of likely N-dealkylation sites (N-methyl/N-ethyl adjacent to an activating group) is 1. The second-order valence-corrected chi connectivity index (χ2v) is 4.19. The van der Waals surface area contributed by atoms with Crippen molar-refractivity contribution in [2.24, 2.45) is 0 Å². The number of aromatic amines is 1. The Hall–Kier alpha value is -1.54. The molecule has 16 heavy (non-hydrogen) atoms. The minimum atomic E-state index is 0.411. The first-order chi connectivity index (χ1) is 7.72. The van der Waals surface area contributed by atoms with Crippen LogP contribution >= 0.6 is 0 Å². The van der Waals surface area contributed by atoms with Gasteiger partial charge in [-0.1, -0.05) is 29.8 Å². The van der Waals surface area contributed by atoms with Crippen LogP contribution in [0, 0.1) is 0 Å². The van der Waals surface area contributed by atoms with Gasteiger partial charge in [-0.15, -0.1) is 0 Å². The molecule has 2 N–H and O–H groups in total. The van der Waals surface area contributed by atoms with E-state index in [0.717, 1.165) is 0 Å². The molecule has 0 fully saturated rings. The van der Waals surface area contributed by atoms with E-state index in [2.05, 4.69) is 60.7 Å². The third-order valence-electron chi connectivity index (χ3n) is 3.12. The fourth-order valence-electron chi connectivity index (χ4n) is 1.81. The van der Waals surface area contributed by atoms with E-state index in [9.17, 15) is 0 Å². The van der Waals surface area contributed by atoms with Crippen molar-refractivity contribution in [2.75, 3.05) is 7.05 Å². The van der Waals surface area contributed by atoms with Gasteiger partial charge >= 0.3 is 0 Å². The molecule has 1 atom stereocenters. The van der Waals surface area contributed by atoms with Crippen molar-refractivity contribution in [3.05, 3.63) is 41.6 Å². The van der Waals surface area contributed by atoms with Gasteiger partial charge in [0.2, 0.25) is 0 Å². The lowest BCUT2D eigenvalue weighted by atomic mass is 10.1. The van der Waals surface area contributed by atoms with Crippen LogP contribution < -0.4 is 5.32 Å². The number of H-pyrrole nitrogens is 1. The Balaban J connectivity index is 2.41. The number of hydrogen-bond acceptors (Lipinski definition) is 1. The van der Waals surface area contributed by atoms with E-state index in [0.29, 0.717) is 6.04 Å². The largest absolute Gasteiger partial charge is 0.361 e. The molecule has 0 bridgehead atoms. The van der Waals surface area contributed by atoms with E-state index >= 15 is 0 Å². The minimum Gasteiger partial charge on any atom is -0.361 e. The Bertz CT molecular complexity index is 508. The molecule has 0 aliphatic heterocycles. The Morgan fingerprint density at radius 2 is 2.12 bits per heavy atom. The van der Waals surface area contributed by atoms with Gasteiger partial charge in [0.25, 0.3) is 0 Å². The standard InChI is InChI=1S/C14H18N2/c1-10(11(2)15-3)8-12-9-16-14-7-5-4-6-13(12)14/h4-9,11,15-16H,1-3H3/b10-8+. The van der Waals surface area contributed by atoms with Crippen molar-refractivity contribution < 1.29 is 0 Å². The molecule has 0 radical (unpaired) electrons. The van der Waals surface area contributed by atoms with Crippen molar-refractivity contribution >= 4 is 17.0 Å². The number of aromatic nitrogens is 1. The highest BCUT2D eigenvalue weighted by molar-refractivity contribution is 5.89. The van der Waals surface area contributed by atoms with Crippen molar-refractivity contribution in [1.29, 1.82) is 0 Å². The quantitative estimate of drug-likeness (QED) is 0.807. The summed E-state index contributed by atoms with van der Waals surface area (Å²) in [6.07, 6.45) is 4.30. The van der Waals surface area contributed by atoms with Crippen LogP contribution in [0.25, 0.3) is 17.0 Å². The van der Waals surface area contributed by atoms with Gasteiger partial charge in [-0.2, -0.15) is 0 Å². The zero-order valence-corrected chi connectivity index (χ0v) is 10.0. The molecule has 0 saturated heterocycles. The van der Waals surface area contributed by atoms with Crippen LogP contribution in [-0.2, 0) is 0 Å². The maximum absolute atomic E-state index is 3.29.